The standard InChI is InChI=1S/C23H29N3O2S2/c1-8-16-25-26-21(30-16)17-19(28)15(29-20(17)24)11-12-9-13(22(2,3)4)18(27)14(10-12)23(5,6)7/h9-11,17,24,27H,8H2,1-7H3/b15-11-,24-20?/t17-/m0/s1. The second-order valence-electron chi connectivity index (χ2n) is 9.62. The molecule has 2 N–H and O–H groups in total. The third-order valence-electron chi connectivity index (χ3n) is 5.07. The van der Waals surface area contributed by atoms with Crippen molar-refractivity contribution in [1.29, 1.82) is 5.41 Å². The van der Waals surface area contributed by atoms with Crippen LogP contribution in [0.2, 0.25) is 0 Å². The van der Waals surface area contributed by atoms with E-state index in [0.717, 1.165) is 28.1 Å². The monoisotopic (exact) mass is 443 g/mol. The van der Waals surface area contributed by atoms with Gasteiger partial charge in [-0.1, -0.05) is 60.2 Å². The number of aromatic nitrogens is 2. The first-order chi connectivity index (χ1) is 13.8. The molecule has 0 unspecified atom stereocenters. The average Bonchev–Trinajstić information content (AvgIpc) is 3.18. The van der Waals surface area contributed by atoms with E-state index in [-0.39, 0.29) is 21.7 Å². The van der Waals surface area contributed by atoms with Gasteiger partial charge in [-0.25, -0.2) is 0 Å². The Bertz CT molecular complexity index is 1000. The normalized spacial score (nSPS) is 19.2. The van der Waals surface area contributed by atoms with E-state index >= 15 is 0 Å². The number of hydrogen-bond donors (Lipinski definition) is 2. The molecule has 1 saturated heterocycles. The highest BCUT2D eigenvalue weighted by Crippen LogP contribution is 2.44. The molecule has 1 aromatic carbocycles. The van der Waals surface area contributed by atoms with Crippen LogP contribution in [-0.2, 0) is 22.0 Å². The largest absolute Gasteiger partial charge is 0.507 e. The summed E-state index contributed by atoms with van der Waals surface area (Å²) in [6, 6.07) is 3.89. The van der Waals surface area contributed by atoms with Crippen LogP contribution in [0.5, 0.6) is 5.75 Å². The maximum Gasteiger partial charge on any atom is 0.186 e. The molecule has 0 bridgehead atoms. The van der Waals surface area contributed by atoms with Gasteiger partial charge >= 0.3 is 0 Å². The van der Waals surface area contributed by atoms with E-state index in [4.69, 9.17) is 5.41 Å². The fourth-order valence-corrected chi connectivity index (χ4v) is 5.33. The van der Waals surface area contributed by atoms with Crippen LogP contribution in [0.15, 0.2) is 17.0 Å². The minimum atomic E-state index is -0.652. The van der Waals surface area contributed by atoms with Crippen molar-refractivity contribution in [2.45, 2.75) is 71.6 Å². The molecule has 7 heteroatoms. The number of Topliss-reactive ketones (excluding diaryl/α,β-unsaturated/α-hetero) is 1. The third-order valence-corrected chi connectivity index (χ3v) is 7.19. The van der Waals surface area contributed by atoms with Gasteiger partial charge in [-0.2, -0.15) is 0 Å². The lowest BCUT2D eigenvalue weighted by Crippen LogP contribution is -2.17. The number of nitrogens with zero attached hydrogens (tertiary/aromatic N) is 2. The van der Waals surface area contributed by atoms with Crippen LogP contribution < -0.4 is 0 Å². The highest BCUT2D eigenvalue weighted by atomic mass is 32.2. The molecular formula is C23H29N3O2S2. The molecule has 0 aliphatic carbocycles. The summed E-state index contributed by atoms with van der Waals surface area (Å²) in [6.45, 7) is 14.4. The van der Waals surface area contributed by atoms with Crippen LogP contribution in [-0.4, -0.2) is 26.1 Å². The Morgan fingerprint density at radius 2 is 1.67 bits per heavy atom. The van der Waals surface area contributed by atoms with E-state index in [1.165, 1.54) is 23.1 Å². The van der Waals surface area contributed by atoms with Gasteiger partial charge in [0.25, 0.3) is 0 Å². The Morgan fingerprint density at radius 1 is 1.10 bits per heavy atom. The van der Waals surface area contributed by atoms with Gasteiger partial charge < -0.3 is 5.11 Å². The number of ketones is 1. The first-order valence-electron chi connectivity index (χ1n) is 10.1. The lowest BCUT2D eigenvalue weighted by atomic mass is 9.78. The van der Waals surface area contributed by atoms with Crippen molar-refractivity contribution >= 4 is 40.0 Å². The van der Waals surface area contributed by atoms with Crippen LogP contribution in [0.1, 0.15) is 81.1 Å². The van der Waals surface area contributed by atoms with Crippen LogP contribution >= 0.6 is 23.1 Å². The number of carbonyl (C=O) groups excluding carboxylic acids is 1. The van der Waals surface area contributed by atoms with Gasteiger partial charge in [0.15, 0.2) is 5.78 Å². The van der Waals surface area contributed by atoms with Crippen LogP contribution in [0.4, 0.5) is 0 Å². The summed E-state index contributed by atoms with van der Waals surface area (Å²) in [7, 11) is 0. The molecule has 0 radical (unpaired) electrons. The van der Waals surface area contributed by atoms with Crippen LogP contribution in [0.3, 0.4) is 0 Å². The smallest absolute Gasteiger partial charge is 0.186 e. The molecule has 1 aliphatic rings. The number of hydrogen-bond acceptors (Lipinski definition) is 7. The topological polar surface area (TPSA) is 86.9 Å². The Morgan fingerprint density at radius 3 is 2.13 bits per heavy atom. The summed E-state index contributed by atoms with van der Waals surface area (Å²) in [6.07, 6.45) is 2.60. The number of benzene rings is 1. The van der Waals surface area contributed by atoms with Crippen molar-refractivity contribution in [2.75, 3.05) is 0 Å². The van der Waals surface area contributed by atoms with Gasteiger partial charge in [0.1, 0.15) is 21.7 Å². The van der Waals surface area contributed by atoms with Crippen LogP contribution in [0, 0.1) is 5.41 Å². The molecule has 0 spiro atoms. The Hall–Kier alpha value is -1.99. The van der Waals surface area contributed by atoms with E-state index < -0.39 is 5.92 Å². The fourth-order valence-electron chi connectivity index (χ4n) is 3.37. The van der Waals surface area contributed by atoms with Crippen molar-refractivity contribution in [2.24, 2.45) is 0 Å². The van der Waals surface area contributed by atoms with E-state index in [1.807, 2.05) is 25.1 Å². The minimum Gasteiger partial charge on any atom is -0.507 e. The first-order valence-corrected chi connectivity index (χ1v) is 11.7. The molecule has 2 heterocycles. The molecule has 5 nitrogen and oxygen atoms in total. The molecule has 1 aliphatic heterocycles. The van der Waals surface area contributed by atoms with Crippen molar-refractivity contribution in [3.63, 3.8) is 0 Å². The van der Waals surface area contributed by atoms with Gasteiger partial charge in [0.05, 0.1) is 9.95 Å². The van der Waals surface area contributed by atoms with Gasteiger partial charge in [-0.15, -0.1) is 21.5 Å². The summed E-state index contributed by atoms with van der Waals surface area (Å²) >= 11 is 2.59. The predicted octanol–water partition coefficient (Wildman–Crippen LogP) is 5.82. The number of rotatable bonds is 3. The number of allylic oxidation sites excluding steroid dienone is 1. The molecule has 3 rings (SSSR count). The number of aromatic hydroxyl groups is 1. The molecule has 1 fully saturated rings. The number of carbonyl (C=O) groups is 1. The van der Waals surface area contributed by atoms with E-state index in [9.17, 15) is 9.90 Å². The Labute approximate surface area is 186 Å². The Balaban J connectivity index is 2.06. The van der Waals surface area contributed by atoms with E-state index in [1.54, 1.807) is 0 Å². The van der Waals surface area contributed by atoms with E-state index in [2.05, 4.69) is 51.7 Å². The molecule has 160 valence electrons. The van der Waals surface area contributed by atoms with Gasteiger partial charge in [0.2, 0.25) is 0 Å². The zero-order valence-electron chi connectivity index (χ0n) is 18.6. The highest BCUT2D eigenvalue weighted by Gasteiger charge is 2.39. The highest BCUT2D eigenvalue weighted by molar-refractivity contribution is 8.19. The number of aryl methyl sites for hydroxylation is 1. The fraction of sp³-hybridized carbons (Fsp3) is 0.478. The summed E-state index contributed by atoms with van der Waals surface area (Å²) in [5.74, 6) is -0.444. The zero-order valence-corrected chi connectivity index (χ0v) is 20.2. The van der Waals surface area contributed by atoms with Crippen molar-refractivity contribution in [3.05, 3.63) is 43.7 Å². The quantitative estimate of drug-likeness (QED) is 0.584. The minimum absolute atomic E-state index is 0.105. The summed E-state index contributed by atoms with van der Waals surface area (Å²) in [5.41, 5.74) is 2.06. The maximum absolute atomic E-state index is 13.1. The van der Waals surface area contributed by atoms with Crippen molar-refractivity contribution < 1.29 is 9.90 Å². The second kappa shape index (κ2) is 7.93. The molecule has 0 amide bonds. The van der Waals surface area contributed by atoms with Gasteiger partial charge in [-0.05, 0) is 41.0 Å². The molecule has 1 aromatic heterocycles. The number of phenols is 1. The number of phenolic OH excluding ortho intramolecular Hbond substituents is 1. The van der Waals surface area contributed by atoms with Gasteiger partial charge in [0, 0.05) is 11.1 Å². The maximum atomic E-state index is 13.1. The number of nitrogens with one attached hydrogen (secondary N) is 1. The lowest BCUT2D eigenvalue weighted by Gasteiger charge is -2.28. The molecular weight excluding hydrogens is 414 g/mol. The molecule has 2 aromatic rings. The lowest BCUT2D eigenvalue weighted by molar-refractivity contribution is -0.114. The van der Waals surface area contributed by atoms with Crippen LogP contribution in [0.25, 0.3) is 6.08 Å². The van der Waals surface area contributed by atoms with Gasteiger partial charge in [-0.3, -0.25) is 10.2 Å². The average molecular weight is 444 g/mol. The summed E-state index contributed by atoms with van der Waals surface area (Å²) in [4.78, 5) is 13.6. The van der Waals surface area contributed by atoms with Crippen molar-refractivity contribution in [3.8, 4) is 5.75 Å². The second-order valence-corrected chi connectivity index (χ2v) is 11.8. The SMILES string of the molecule is CCc1nnc([C@@H]2C(=N)S/C(=C\c3cc(C(C)(C)C)c(O)c(C(C)(C)C)c3)C2=O)s1. The van der Waals surface area contributed by atoms with Crippen molar-refractivity contribution in [1.82, 2.24) is 10.2 Å². The molecule has 1 atom stereocenters. The predicted molar refractivity (Wildman–Crippen MR) is 126 cm³/mol. The molecule has 0 saturated carbocycles. The number of thioether (sulfide) groups is 1. The summed E-state index contributed by atoms with van der Waals surface area (Å²) < 4.78 is 0. The first kappa shape index (κ1) is 22.7. The summed E-state index contributed by atoms with van der Waals surface area (Å²) in [5, 5.41) is 29.3. The zero-order chi connectivity index (χ0) is 22.4. The third kappa shape index (κ3) is 4.37. The Kier molecular flexibility index (Phi) is 6.00. The molecule has 30 heavy (non-hydrogen) atoms. The van der Waals surface area contributed by atoms with E-state index in [0.29, 0.717) is 15.7 Å².